The highest BCUT2D eigenvalue weighted by Gasteiger charge is 2.12. The average molecular weight is 294 g/mol. The summed E-state index contributed by atoms with van der Waals surface area (Å²) in [5, 5.41) is 0.804. The lowest BCUT2D eigenvalue weighted by Gasteiger charge is -2.03. The summed E-state index contributed by atoms with van der Waals surface area (Å²) in [5.41, 5.74) is 9.74. The molecule has 2 heterocycles. The lowest BCUT2D eigenvalue weighted by molar-refractivity contribution is 0.0957. The number of pyridine rings is 1. The lowest BCUT2D eigenvalue weighted by atomic mass is 10.3. The number of nitrogens with one attached hydrogen (secondary N) is 1. The van der Waals surface area contributed by atoms with Crippen LogP contribution in [0.25, 0.3) is 0 Å². The van der Waals surface area contributed by atoms with Crippen molar-refractivity contribution in [2.45, 2.75) is 17.7 Å². The molecular weight excluding hydrogens is 280 g/mol. The molecule has 5 nitrogen and oxygen atoms in total. The Balaban J connectivity index is 2.10. The molecule has 5 N–H and O–H groups in total. The molecule has 0 saturated carbocycles. The van der Waals surface area contributed by atoms with Gasteiger partial charge in [-0.2, -0.15) is 0 Å². The number of rotatable bonds is 4. The molecule has 2 aromatic heterocycles. The highest BCUT2D eigenvalue weighted by molar-refractivity contribution is 7.98. The van der Waals surface area contributed by atoms with Crippen LogP contribution in [-0.2, 0) is 5.75 Å². The molecule has 0 bridgehead atoms. The van der Waals surface area contributed by atoms with Crippen molar-refractivity contribution in [1.82, 2.24) is 10.4 Å². The van der Waals surface area contributed by atoms with Crippen molar-refractivity contribution in [1.29, 1.82) is 0 Å². The SMILES string of the molecule is Cc1sc(C(=O)NN)cc1CSc1ncccc1N. The van der Waals surface area contributed by atoms with Crippen LogP contribution in [0.5, 0.6) is 0 Å². The van der Waals surface area contributed by atoms with Crippen molar-refractivity contribution >= 4 is 34.7 Å². The molecular formula is C12H14N4OS2. The van der Waals surface area contributed by atoms with Crippen molar-refractivity contribution in [3.05, 3.63) is 39.7 Å². The molecule has 2 aromatic rings. The Labute approximate surface area is 119 Å². The molecule has 0 atom stereocenters. The van der Waals surface area contributed by atoms with E-state index < -0.39 is 0 Å². The van der Waals surface area contributed by atoms with Gasteiger partial charge in [-0.25, -0.2) is 10.8 Å². The molecule has 0 aliphatic rings. The van der Waals surface area contributed by atoms with Crippen LogP contribution in [0.3, 0.4) is 0 Å². The fraction of sp³-hybridized carbons (Fsp3) is 0.167. The molecule has 0 fully saturated rings. The summed E-state index contributed by atoms with van der Waals surface area (Å²) in [6.07, 6.45) is 1.71. The third kappa shape index (κ3) is 3.25. The van der Waals surface area contributed by atoms with E-state index >= 15 is 0 Å². The van der Waals surface area contributed by atoms with E-state index in [1.54, 1.807) is 24.0 Å². The Morgan fingerprint density at radius 2 is 2.37 bits per heavy atom. The summed E-state index contributed by atoms with van der Waals surface area (Å²) in [7, 11) is 0. The topological polar surface area (TPSA) is 94.0 Å². The zero-order valence-electron chi connectivity index (χ0n) is 10.3. The number of nitrogens with zero attached hydrogens (tertiary/aromatic N) is 1. The molecule has 0 saturated heterocycles. The Bertz CT molecular complexity index is 597. The van der Waals surface area contributed by atoms with Gasteiger partial charge in [0, 0.05) is 16.8 Å². The van der Waals surface area contributed by atoms with E-state index in [-0.39, 0.29) is 5.91 Å². The highest BCUT2D eigenvalue weighted by Crippen LogP contribution is 2.30. The molecule has 19 heavy (non-hydrogen) atoms. The smallest absolute Gasteiger partial charge is 0.275 e. The first-order valence-electron chi connectivity index (χ1n) is 5.55. The van der Waals surface area contributed by atoms with Crippen LogP contribution in [0.15, 0.2) is 29.4 Å². The van der Waals surface area contributed by atoms with E-state index in [2.05, 4.69) is 10.4 Å². The third-order valence-electron chi connectivity index (χ3n) is 2.54. The van der Waals surface area contributed by atoms with Crippen LogP contribution in [0, 0.1) is 6.92 Å². The van der Waals surface area contributed by atoms with Crippen molar-refractivity contribution in [2.75, 3.05) is 5.73 Å². The second-order valence-corrected chi connectivity index (χ2v) is 6.07. The molecule has 100 valence electrons. The highest BCUT2D eigenvalue weighted by atomic mass is 32.2. The first-order valence-corrected chi connectivity index (χ1v) is 7.35. The van der Waals surface area contributed by atoms with Gasteiger partial charge in [0.15, 0.2) is 0 Å². The van der Waals surface area contributed by atoms with E-state index in [4.69, 9.17) is 11.6 Å². The maximum absolute atomic E-state index is 11.4. The summed E-state index contributed by atoms with van der Waals surface area (Å²) in [6.45, 7) is 1.98. The lowest BCUT2D eigenvalue weighted by Crippen LogP contribution is -2.29. The molecule has 0 aliphatic carbocycles. The minimum absolute atomic E-state index is 0.262. The molecule has 7 heteroatoms. The largest absolute Gasteiger partial charge is 0.397 e. The molecule has 0 unspecified atom stereocenters. The minimum atomic E-state index is -0.262. The number of nitrogen functional groups attached to an aromatic ring is 2. The predicted molar refractivity (Wildman–Crippen MR) is 78.9 cm³/mol. The Kier molecular flexibility index (Phi) is 4.41. The minimum Gasteiger partial charge on any atom is -0.397 e. The van der Waals surface area contributed by atoms with Gasteiger partial charge in [-0.05, 0) is 30.7 Å². The van der Waals surface area contributed by atoms with Gasteiger partial charge in [0.1, 0.15) is 5.03 Å². The summed E-state index contributed by atoms with van der Waals surface area (Å²) in [4.78, 5) is 17.4. The van der Waals surface area contributed by atoms with Gasteiger partial charge < -0.3 is 5.73 Å². The fourth-order valence-electron chi connectivity index (χ4n) is 1.52. The average Bonchev–Trinajstić information content (AvgIpc) is 2.78. The molecule has 0 aromatic carbocycles. The zero-order valence-corrected chi connectivity index (χ0v) is 12.0. The first-order chi connectivity index (χ1) is 9.11. The van der Waals surface area contributed by atoms with Crippen LogP contribution < -0.4 is 17.0 Å². The third-order valence-corrected chi connectivity index (χ3v) is 4.70. The Hall–Kier alpha value is -1.57. The number of carbonyl (C=O) groups is 1. The number of hydrogen-bond donors (Lipinski definition) is 3. The molecule has 0 aliphatic heterocycles. The van der Waals surface area contributed by atoms with E-state index in [1.807, 2.05) is 19.1 Å². The quantitative estimate of drug-likeness (QED) is 0.347. The number of carbonyl (C=O) groups excluding carboxylic acids is 1. The predicted octanol–water partition coefficient (Wildman–Crippen LogP) is 1.93. The van der Waals surface area contributed by atoms with Crippen LogP contribution in [-0.4, -0.2) is 10.9 Å². The van der Waals surface area contributed by atoms with Crippen LogP contribution >= 0.6 is 23.1 Å². The maximum atomic E-state index is 11.4. The van der Waals surface area contributed by atoms with E-state index in [0.29, 0.717) is 10.6 Å². The van der Waals surface area contributed by atoms with E-state index in [1.165, 1.54) is 11.3 Å². The first kappa shape index (κ1) is 13.9. The van der Waals surface area contributed by atoms with Crippen molar-refractivity contribution in [2.24, 2.45) is 5.84 Å². The van der Waals surface area contributed by atoms with Gasteiger partial charge in [-0.15, -0.1) is 11.3 Å². The van der Waals surface area contributed by atoms with Crippen LogP contribution in [0.2, 0.25) is 0 Å². The van der Waals surface area contributed by atoms with E-state index in [0.717, 1.165) is 21.2 Å². The number of hydrazine groups is 1. The molecule has 0 radical (unpaired) electrons. The fourth-order valence-corrected chi connectivity index (χ4v) is 3.51. The van der Waals surface area contributed by atoms with Gasteiger partial charge in [-0.1, -0.05) is 11.8 Å². The monoisotopic (exact) mass is 294 g/mol. The second-order valence-electron chi connectivity index (χ2n) is 3.85. The standard InChI is InChI=1S/C12H14N4OS2/c1-7-8(5-10(19-7)11(17)16-14)6-18-12-9(13)3-2-4-15-12/h2-5H,6,13-14H2,1H3,(H,16,17). The normalized spacial score (nSPS) is 10.4. The zero-order chi connectivity index (χ0) is 13.8. The van der Waals surface area contributed by atoms with E-state index in [9.17, 15) is 4.79 Å². The van der Waals surface area contributed by atoms with Crippen LogP contribution in [0.1, 0.15) is 20.1 Å². The number of aryl methyl sites for hydroxylation is 1. The van der Waals surface area contributed by atoms with Gasteiger partial charge >= 0.3 is 0 Å². The van der Waals surface area contributed by atoms with Crippen LogP contribution in [0.4, 0.5) is 5.69 Å². The summed E-state index contributed by atoms with van der Waals surface area (Å²) < 4.78 is 0. The second kappa shape index (κ2) is 6.05. The molecule has 0 spiro atoms. The number of hydrogen-bond acceptors (Lipinski definition) is 6. The number of aromatic nitrogens is 1. The van der Waals surface area contributed by atoms with Gasteiger partial charge in [0.25, 0.3) is 5.91 Å². The summed E-state index contributed by atoms with van der Waals surface area (Å²) >= 11 is 2.98. The Morgan fingerprint density at radius 1 is 1.58 bits per heavy atom. The van der Waals surface area contributed by atoms with Gasteiger partial charge in [0.05, 0.1) is 10.6 Å². The number of nitrogens with two attached hydrogens (primary N) is 2. The number of anilines is 1. The number of thioether (sulfide) groups is 1. The number of thiophene rings is 1. The van der Waals surface area contributed by atoms with Gasteiger partial charge in [-0.3, -0.25) is 10.2 Å². The molecule has 2 rings (SSSR count). The summed E-state index contributed by atoms with van der Waals surface area (Å²) in [5.74, 6) is 5.58. The maximum Gasteiger partial charge on any atom is 0.275 e. The van der Waals surface area contributed by atoms with Crippen molar-refractivity contribution in [3.8, 4) is 0 Å². The van der Waals surface area contributed by atoms with Crippen molar-refractivity contribution in [3.63, 3.8) is 0 Å². The van der Waals surface area contributed by atoms with Gasteiger partial charge in [0.2, 0.25) is 0 Å². The Morgan fingerprint density at radius 3 is 3.05 bits per heavy atom. The van der Waals surface area contributed by atoms with Crippen molar-refractivity contribution < 1.29 is 4.79 Å². The summed E-state index contributed by atoms with van der Waals surface area (Å²) in [6, 6.07) is 5.48. The molecule has 1 amide bonds. The number of amides is 1.